The molecule has 0 aliphatic heterocycles. The van der Waals surface area contributed by atoms with Crippen molar-refractivity contribution in [3.63, 3.8) is 0 Å². The topological polar surface area (TPSA) is 43.4 Å². The molecule has 2 aliphatic carbocycles. The molecule has 0 N–H and O–H groups in total. The quantitative estimate of drug-likeness (QED) is 0.370. The second-order valence-electron chi connectivity index (χ2n) is 9.23. The van der Waals surface area contributed by atoms with Crippen LogP contribution in [0.25, 0.3) is 23.3 Å². The highest BCUT2D eigenvalue weighted by atomic mass is 19.1. The smallest absolute Gasteiger partial charge is 0.170 e. The van der Waals surface area contributed by atoms with E-state index in [2.05, 4.69) is 12.1 Å². The molecule has 0 saturated heterocycles. The van der Waals surface area contributed by atoms with Gasteiger partial charge in [-0.25, -0.2) is 4.39 Å². The van der Waals surface area contributed by atoms with E-state index >= 15 is 0 Å². The van der Waals surface area contributed by atoms with Crippen LogP contribution >= 0.6 is 0 Å². The number of ether oxygens (including phenoxy) is 1. The Morgan fingerprint density at radius 2 is 1.64 bits per heavy atom. The predicted molar refractivity (Wildman–Crippen MR) is 138 cm³/mol. The van der Waals surface area contributed by atoms with Gasteiger partial charge in [-0.1, -0.05) is 66.7 Å². The van der Waals surface area contributed by atoms with Gasteiger partial charge in [0.15, 0.2) is 11.6 Å². The predicted octanol–water partition coefficient (Wildman–Crippen LogP) is 5.27. The fourth-order valence-corrected chi connectivity index (χ4v) is 5.18. The van der Waals surface area contributed by atoms with Crippen LogP contribution in [-0.4, -0.2) is 11.6 Å². The Balaban J connectivity index is 1.43. The van der Waals surface area contributed by atoms with E-state index in [4.69, 9.17) is 4.74 Å². The molecule has 0 aromatic heterocycles. The summed E-state index contributed by atoms with van der Waals surface area (Å²) in [5, 5.41) is 1.76. The van der Waals surface area contributed by atoms with Crippen molar-refractivity contribution in [2.45, 2.75) is 19.4 Å². The fraction of sp³-hybridized carbons (Fsp3) is 0.125. The maximum Gasteiger partial charge on any atom is 0.170 e. The minimum Gasteiger partial charge on any atom is -0.488 e. The number of hydrogen-bond donors (Lipinski definition) is 0. The summed E-state index contributed by atoms with van der Waals surface area (Å²) in [6.07, 6.45) is 4.87. The van der Waals surface area contributed by atoms with Crippen LogP contribution in [0.1, 0.15) is 38.3 Å². The van der Waals surface area contributed by atoms with E-state index in [1.54, 1.807) is 0 Å². The fourth-order valence-electron chi connectivity index (χ4n) is 5.18. The molecule has 0 radical (unpaired) electrons. The first-order chi connectivity index (χ1) is 17.6. The second-order valence-corrected chi connectivity index (χ2v) is 9.23. The van der Waals surface area contributed by atoms with E-state index in [-0.39, 0.29) is 18.0 Å². The Hall–Kier alpha value is -4.31. The lowest BCUT2D eigenvalue weighted by Gasteiger charge is -2.22. The van der Waals surface area contributed by atoms with Crippen molar-refractivity contribution in [3.8, 4) is 16.9 Å². The van der Waals surface area contributed by atoms with E-state index in [1.165, 1.54) is 24.3 Å². The van der Waals surface area contributed by atoms with E-state index in [9.17, 15) is 14.0 Å². The molecule has 0 saturated carbocycles. The molecule has 1 unspecified atom stereocenters. The molecule has 0 heterocycles. The summed E-state index contributed by atoms with van der Waals surface area (Å²) in [5.74, 6) is -0.403. The van der Waals surface area contributed by atoms with Crippen molar-refractivity contribution >= 4 is 23.7 Å². The van der Waals surface area contributed by atoms with Gasteiger partial charge in [0, 0.05) is 29.0 Å². The molecule has 0 fully saturated rings. The zero-order chi connectivity index (χ0) is 24.6. The first-order valence-corrected chi connectivity index (χ1v) is 12.1. The van der Waals surface area contributed by atoms with Crippen LogP contribution < -0.4 is 15.2 Å². The van der Waals surface area contributed by atoms with Crippen molar-refractivity contribution in [3.05, 3.63) is 123 Å². The van der Waals surface area contributed by atoms with Gasteiger partial charge in [0.2, 0.25) is 0 Å². The molecule has 4 aromatic rings. The number of rotatable bonds is 5. The summed E-state index contributed by atoms with van der Waals surface area (Å²) in [6.45, 7) is 0.458. The summed E-state index contributed by atoms with van der Waals surface area (Å²) in [7, 11) is 0. The largest absolute Gasteiger partial charge is 0.488 e. The minimum atomic E-state index is -0.582. The Morgan fingerprint density at radius 3 is 2.44 bits per heavy atom. The van der Waals surface area contributed by atoms with Gasteiger partial charge in [-0.15, -0.1) is 0 Å². The van der Waals surface area contributed by atoms with Gasteiger partial charge in [-0.2, -0.15) is 0 Å². The highest BCUT2D eigenvalue weighted by Gasteiger charge is 2.28. The van der Waals surface area contributed by atoms with E-state index in [0.29, 0.717) is 24.2 Å². The summed E-state index contributed by atoms with van der Waals surface area (Å²) in [5.41, 5.74) is 5.32. The monoisotopic (exact) mass is 474 g/mol. The average Bonchev–Trinajstić information content (AvgIpc) is 2.92. The van der Waals surface area contributed by atoms with Crippen molar-refractivity contribution in [1.29, 1.82) is 0 Å². The molecule has 176 valence electrons. The Bertz CT molecular complexity index is 1620. The lowest BCUT2D eigenvalue weighted by Crippen LogP contribution is -2.39. The first kappa shape index (κ1) is 22.2. The third kappa shape index (κ3) is 3.95. The van der Waals surface area contributed by atoms with Crippen LogP contribution in [0.2, 0.25) is 0 Å². The molecule has 4 aromatic carbocycles. The third-order valence-corrected chi connectivity index (χ3v) is 6.97. The number of benzene rings is 4. The highest BCUT2D eigenvalue weighted by Crippen LogP contribution is 2.35. The molecule has 0 amide bonds. The van der Waals surface area contributed by atoms with Crippen molar-refractivity contribution < 1.29 is 18.7 Å². The maximum absolute atomic E-state index is 13.4. The van der Waals surface area contributed by atoms with Gasteiger partial charge in [0.25, 0.3) is 0 Å². The van der Waals surface area contributed by atoms with Crippen LogP contribution in [0.5, 0.6) is 5.75 Å². The van der Waals surface area contributed by atoms with Crippen molar-refractivity contribution in [1.82, 2.24) is 0 Å². The minimum absolute atomic E-state index is 0.0522. The molecular formula is C32H23FO3. The van der Waals surface area contributed by atoms with Gasteiger partial charge in [-0.05, 0) is 63.9 Å². The summed E-state index contributed by atoms with van der Waals surface area (Å²) in [6, 6.07) is 25.5. The van der Waals surface area contributed by atoms with Crippen LogP contribution in [0.3, 0.4) is 0 Å². The number of fused-ring (bicyclic) bond motifs is 5. The lowest BCUT2D eigenvalue weighted by molar-refractivity contribution is 0.0881. The molecule has 1 atom stereocenters. The van der Waals surface area contributed by atoms with Crippen molar-refractivity contribution in [2.75, 3.05) is 0 Å². The van der Waals surface area contributed by atoms with Gasteiger partial charge in [-0.3, -0.25) is 9.59 Å². The van der Waals surface area contributed by atoms with Crippen LogP contribution in [-0.2, 0) is 13.0 Å². The van der Waals surface area contributed by atoms with E-state index in [1.807, 2.05) is 60.7 Å². The second kappa shape index (κ2) is 9.04. The number of carbonyl (C=O) groups excluding carboxylic acids is 2. The van der Waals surface area contributed by atoms with Crippen LogP contribution in [0, 0.1) is 11.7 Å². The summed E-state index contributed by atoms with van der Waals surface area (Å²) >= 11 is 0. The molecule has 6 rings (SSSR count). The summed E-state index contributed by atoms with van der Waals surface area (Å²) < 4.78 is 19.6. The standard InChI is InChI=1S/C32H23FO3/c33-24-12-9-22(10-13-24)32(35)23-17-28-25-14-11-21-7-4-8-30(36-19-20-5-2-1-3-6-20)31(21)27(25)16-15-26(28)29(34)18-23/h1-10,12-17,23H,11,18-19H2. The van der Waals surface area contributed by atoms with Gasteiger partial charge >= 0.3 is 0 Å². The normalized spacial score (nSPS) is 15.6. The number of hydrogen-bond acceptors (Lipinski definition) is 3. The van der Waals surface area contributed by atoms with Crippen LogP contribution in [0.4, 0.5) is 4.39 Å². The Morgan fingerprint density at radius 1 is 0.861 bits per heavy atom. The number of ketones is 2. The lowest BCUT2D eigenvalue weighted by atomic mass is 9.81. The van der Waals surface area contributed by atoms with Gasteiger partial charge in [0.05, 0.1) is 0 Å². The van der Waals surface area contributed by atoms with E-state index in [0.717, 1.165) is 38.4 Å². The maximum atomic E-state index is 13.4. The van der Waals surface area contributed by atoms with E-state index < -0.39 is 11.7 Å². The highest BCUT2D eigenvalue weighted by molar-refractivity contribution is 6.08. The molecule has 2 aliphatic rings. The zero-order valence-electron chi connectivity index (χ0n) is 19.5. The first-order valence-electron chi connectivity index (χ1n) is 12.1. The SMILES string of the molecule is O=C1CC(C(=O)c2ccc(F)cc2)C=c2c1ccc1c2=CCc2cccc(OCc3ccccc3)c2-1. The summed E-state index contributed by atoms with van der Waals surface area (Å²) in [4.78, 5) is 26.2. The molecule has 4 heteroatoms. The molecule has 0 bridgehead atoms. The van der Waals surface area contributed by atoms with Crippen molar-refractivity contribution in [2.24, 2.45) is 5.92 Å². The number of halogens is 1. The molecule has 36 heavy (non-hydrogen) atoms. The third-order valence-electron chi connectivity index (χ3n) is 6.97. The Labute approximate surface area is 208 Å². The zero-order valence-corrected chi connectivity index (χ0v) is 19.5. The number of Topliss-reactive ketones (excluding diaryl/α,β-unsaturated/α-hetero) is 2. The van der Waals surface area contributed by atoms with Gasteiger partial charge in [0.1, 0.15) is 18.2 Å². The molecular weight excluding hydrogens is 451 g/mol. The molecule has 0 spiro atoms. The van der Waals surface area contributed by atoms with Crippen LogP contribution in [0.15, 0.2) is 84.9 Å². The Kier molecular flexibility index (Phi) is 5.57. The molecule has 3 nitrogen and oxygen atoms in total. The van der Waals surface area contributed by atoms with Gasteiger partial charge < -0.3 is 4.74 Å². The average molecular weight is 475 g/mol. The number of carbonyl (C=O) groups is 2.